The van der Waals surface area contributed by atoms with Gasteiger partial charge in [0.1, 0.15) is 0 Å². The van der Waals surface area contributed by atoms with Crippen LogP contribution < -0.4 is 10.0 Å². The van der Waals surface area contributed by atoms with Gasteiger partial charge in [0.15, 0.2) is 5.78 Å². The van der Waals surface area contributed by atoms with E-state index in [1.165, 1.54) is 6.07 Å². The average Bonchev–Trinajstić information content (AvgIpc) is 2.64. The second-order valence-corrected chi connectivity index (χ2v) is 7.86. The molecule has 0 aromatic heterocycles. The number of ketones is 1. The predicted octanol–water partition coefficient (Wildman–Crippen LogP) is 3.83. The van der Waals surface area contributed by atoms with Gasteiger partial charge in [-0.15, -0.1) is 0 Å². The molecular weight excluding hydrogens is 348 g/mol. The Bertz CT molecular complexity index is 877. The van der Waals surface area contributed by atoms with Crippen LogP contribution in [-0.2, 0) is 10.0 Å². The summed E-state index contributed by atoms with van der Waals surface area (Å²) in [5.74, 6) is -0.111. The van der Waals surface area contributed by atoms with Crippen molar-refractivity contribution in [3.05, 3.63) is 48.0 Å². The van der Waals surface area contributed by atoms with E-state index in [1.807, 2.05) is 42.3 Å². The van der Waals surface area contributed by atoms with Gasteiger partial charge in [-0.2, -0.15) is 0 Å². The van der Waals surface area contributed by atoms with Crippen molar-refractivity contribution in [2.75, 3.05) is 18.5 Å². The number of nitrogens with zero attached hydrogens (tertiary/aromatic N) is 1. The first-order valence-electron chi connectivity index (χ1n) is 8.80. The summed E-state index contributed by atoms with van der Waals surface area (Å²) in [7, 11) is -2.09. The van der Waals surface area contributed by atoms with E-state index in [2.05, 4.69) is 6.92 Å². The molecule has 0 aliphatic carbocycles. The number of sulfonamides is 1. The van der Waals surface area contributed by atoms with Crippen molar-refractivity contribution >= 4 is 21.5 Å². The lowest BCUT2D eigenvalue weighted by atomic mass is 9.98. The topological polar surface area (TPSA) is 80.5 Å². The molecule has 0 spiro atoms. The van der Waals surface area contributed by atoms with Crippen molar-refractivity contribution in [2.45, 2.75) is 38.0 Å². The van der Waals surface area contributed by atoms with Gasteiger partial charge in [-0.3, -0.25) is 4.79 Å². The molecule has 0 unspecified atom stereocenters. The van der Waals surface area contributed by atoms with Gasteiger partial charge in [0.25, 0.3) is 0 Å². The number of nitrogens with two attached hydrogens (primary N) is 1. The number of unbranched alkanes of at least 4 members (excludes halogenated alkanes) is 1. The zero-order valence-corrected chi connectivity index (χ0v) is 16.3. The summed E-state index contributed by atoms with van der Waals surface area (Å²) in [5, 5.41) is 5.52. The smallest absolute Gasteiger partial charge is 0.238 e. The molecule has 0 amide bonds. The zero-order chi connectivity index (χ0) is 19.3. The minimum Gasteiger partial charge on any atom is -0.374 e. The van der Waals surface area contributed by atoms with Gasteiger partial charge in [-0.25, -0.2) is 13.6 Å². The highest BCUT2D eigenvalue weighted by atomic mass is 32.2. The first-order chi connectivity index (χ1) is 12.3. The Hall–Kier alpha value is -2.18. The van der Waals surface area contributed by atoms with Crippen molar-refractivity contribution < 1.29 is 13.2 Å². The summed E-state index contributed by atoms with van der Waals surface area (Å²) >= 11 is 0. The standard InChI is InChI=1S/C20H26N2O3S/c1-4-6-12-22(3)17-13-16(18(23)5-2)14-19(26(21,24)25)20(17)15-10-8-7-9-11-15/h7-11,13-14H,4-6,12H2,1-3H3,(H2,21,24,25). The molecule has 140 valence electrons. The monoisotopic (exact) mass is 374 g/mol. The Morgan fingerprint density at radius 2 is 1.77 bits per heavy atom. The van der Waals surface area contributed by atoms with E-state index in [4.69, 9.17) is 5.14 Å². The lowest BCUT2D eigenvalue weighted by Crippen LogP contribution is -2.22. The summed E-state index contributed by atoms with van der Waals surface area (Å²) in [4.78, 5) is 14.3. The summed E-state index contributed by atoms with van der Waals surface area (Å²) in [6.07, 6.45) is 2.27. The van der Waals surface area contributed by atoms with Gasteiger partial charge >= 0.3 is 0 Å². The first-order valence-corrected chi connectivity index (χ1v) is 10.3. The Balaban J connectivity index is 2.82. The summed E-state index contributed by atoms with van der Waals surface area (Å²) in [6, 6.07) is 12.5. The van der Waals surface area contributed by atoms with E-state index < -0.39 is 10.0 Å². The highest BCUT2D eigenvalue weighted by molar-refractivity contribution is 7.89. The number of anilines is 1. The fourth-order valence-electron chi connectivity index (χ4n) is 2.90. The Kier molecular flexibility index (Phi) is 6.56. The number of hydrogen-bond donors (Lipinski definition) is 1. The minimum atomic E-state index is -4.00. The van der Waals surface area contributed by atoms with Crippen LogP contribution in [-0.4, -0.2) is 27.8 Å². The summed E-state index contributed by atoms with van der Waals surface area (Å²) in [5.41, 5.74) is 2.37. The highest BCUT2D eigenvalue weighted by Gasteiger charge is 2.23. The molecule has 0 atom stereocenters. The molecule has 2 rings (SSSR count). The number of carbonyl (C=O) groups is 1. The SMILES string of the molecule is CCCCN(C)c1cc(C(=O)CC)cc(S(N)(=O)=O)c1-c1ccccc1. The molecule has 0 fully saturated rings. The van der Waals surface area contributed by atoms with Gasteiger partial charge in [0, 0.05) is 36.8 Å². The number of benzene rings is 2. The van der Waals surface area contributed by atoms with Crippen LogP contribution in [0, 0.1) is 0 Å². The largest absolute Gasteiger partial charge is 0.374 e. The molecule has 0 heterocycles. The number of hydrogen-bond acceptors (Lipinski definition) is 4. The maximum absolute atomic E-state index is 12.3. The molecule has 0 bridgehead atoms. The van der Waals surface area contributed by atoms with Crippen LogP contribution in [0.2, 0.25) is 0 Å². The maximum Gasteiger partial charge on any atom is 0.238 e. The van der Waals surface area contributed by atoms with E-state index >= 15 is 0 Å². The van der Waals surface area contributed by atoms with Crippen molar-refractivity contribution in [3.63, 3.8) is 0 Å². The molecule has 0 aliphatic rings. The normalized spacial score (nSPS) is 11.4. The third-order valence-electron chi connectivity index (χ3n) is 4.35. The van der Waals surface area contributed by atoms with Crippen LogP contribution in [0.1, 0.15) is 43.5 Å². The van der Waals surface area contributed by atoms with E-state index in [9.17, 15) is 13.2 Å². The quantitative estimate of drug-likeness (QED) is 0.712. The van der Waals surface area contributed by atoms with E-state index in [0.717, 1.165) is 24.9 Å². The Morgan fingerprint density at radius 1 is 1.12 bits per heavy atom. The van der Waals surface area contributed by atoms with Gasteiger partial charge in [-0.1, -0.05) is 50.6 Å². The fraction of sp³-hybridized carbons (Fsp3) is 0.350. The predicted molar refractivity (Wildman–Crippen MR) is 106 cm³/mol. The van der Waals surface area contributed by atoms with Crippen LogP contribution >= 0.6 is 0 Å². The second kappa shape index (κ2) is 8.47. The third-order valence-corrected chi connectivity index (χ3v) is 5.29. The molecular formula is C20H26N2O3S. The Labute approximate surface area is 155 Å². The fourth-order valence-corrected chi connectivity index (χ4v) is 3.70. The van der Waals surface area contributed by atoms with E-state index in [0.29, 0.717) is 23.2 Å². The van der Waals surface area contributed by atoms with Gasteiger partial charge in [-0.05, 0) is 24.1 Å². The van der Waals surface area contributed by atoms with Crippen LogP contribution in [0.5, 0.6) is 0 Å². The molecule has 6 heteroatoms. The molecule has 2 N–H and O–H groups in total. The van der Waals surface area contributed by atoms with Crippen molar-refractivity contribution in [1.29, 1.82) is 0 Å². The van der Waals surface area contributed by atoms with Crippen LogP contribution in [0.3, 0.4) is 0 Å². The Morgan fingerprint density at radius 3 is 2.31 bits per heavy atom. The van der Waals surface area contributed by atoms with Crippen LogP contribution in [0.4, 0.5) is 5.69 Å². The minimum absolute atomic E-state index is 0.0126. The van der Waals surface area contributed by atoms with Gasteiger partial charge in [0.05, 0.1) is 4.90 Å². The number of Topliss-reactive ketones (excluding diaryl/α,β-unsaturated/α-hetero) is 1. The lowest BCUT2D eigenvalue weighted by Gasteiger charge is -2.25. The molecule has 0 aliphatic heterocycles. The number of rotatable bonds is 8. The molecule has 2 aromatic carbocycles. The van der Waals surface area contributed by atoms with Gasteiger partial charge < -0.3 is 4.90 Å². The van der Waals surface area contributed by atoms with Crippen molar-refractivity contribution in [2.24, 2.45) is 5.14 Å². The first kappa shape index (κ1) is 20.1. The van der Waals surface area contributed by atoms with E-state index in [1.54, 1.807) is 13.0 Å². The zero-order valence-electron chi connectivity index (χ0n) is 15.5. The lowest BCUT2D eigenvalue weighted by molar-refractivity contribution is 0.0988. The second-order valence-electron chi connectivity index (χ2n) is 6.33. The third kappa shape index (κ3) is 4.51. The molecule has 2 aromatic rings. The van der Waals surface area contributed by atoms with Crippen LogP contribution in [0.25, 0.3) is 11.1 Å². The molecule has 26 heavy (non-hydrogen) atoms. The number of carbonyl (C=O) groups excluding carboxylic acids is 1. The number of primary sulfonamides is 1. The average molecular weight is 375 g/mol. The molecule has 5 nitrogen and oxygen atoms in total. The van der Waals surface area contributed by atoms with Gasteiger partial charge in [0.2, 0.25) is 10.0 Å². The van der Waals surface area contributed by atoms with Crippen molar-refractivity contribution in [1.82, 2.24) is 0 Å². The van der Waals surface area contributed by atoms with E-state index in [-0.39, 0.29) is 10.7 Å². The summed E-state index contributed by atoms with van der Waals surface area (Å²) < 4.78 is 24.7. The van der Waals surface area contributed by atoms with Crippen LogP contribution in [0.15, 0.2) is 47.4 Å². The molecule has 0 saturated heterocycles. The highest BCUT2D eigenvalue weighted by Crippen LogP contribution is 2.37. The van der Waals surface area contributed by atoms with Crippen molar-refractivity contribution in [3.8, 4) is 11.1 Å². The molecule has 0 saturated carbocycles. The molecule has 0 radical (unpaired) electrons. The summed E-state index contributed by atoms with van der Waals surface area (Å²) in [6.45, 7) is 4.60. The maximum atomic E-state index is 12.3.